The molecule has 1 fully saturated rings. The summed E-state index contributed by atoms with van der Waals surface area (Å²) < 4.78 is 0. The summed E-state index contributed by atoms with van der Waals surface area (Å²) in [5.41, 5.74) is 0. The molecule has 0 saturated carbocycles. The smallest absolute Gasteiger partial charge is 0.0131 e. The predicted octanol–water partition coefficient (Wildman–Crippen LogP) is 2.30. The maximum Gasteiger partial charge on any atom is 0.0131 e. The molecule has 1 saturated heterocycles. The maximum atomic E-state index is 3.11. The lowest BCUT2D eigenvalue weighted by Crippen LogP contribution is -2.09. The normalized spacial score (nSPS) is 24.9. The molecule has 0 amide bonds. The van der Waals surface area contributed by atoms with Crippen molar-refractivity contribution in [2.45, 2.75) is 19.3 Å². The summed E-state index contributed by atoms with van der Waals surface area (Å²) in [7, 11) is 1.99. The molecule has 1 atom stereocenters. The summed E-state index contributed by atoms with van der Waals surface area (Å²) >= 11 is 2.12. The van der Waals surface area contributed by atoms with Crippen LogP contribution in [0.4, 0.5) is 0 Å². The minimum atomic E-state index is 0.955. The van der Waals surface area contributed by atoms with Crippen molar-refractivity contribution in [2.24, 2.45) is 5.92 Å². The third-order valence-corrected chi connectivity index (χ3v) is 3.50. The van der Waals surface area contributed by atoms with Crippen LogP contribution in [0.15, 0.2) is 12.2 Å². The molecular weight excluding hydrogens is 166 g/mol. The van der Waals surface area contributed by atoms with E-state index in [9.17, 15) is 0 Å². The summed E-state index contributed by atoms with van der Waals surface area (Å²) in [6.45, 7) is 1.01. The number of hydrogen-bond donors (Lipinski definition) is 1. The lowest BCUT2D eigenvalue weighted by atomic mass is 10.0. The van der Waals surface area contributed by atoms with Gasteiger partial charge in [0.15, 0.2) is 0 Å². The molecular formula is C10H19NS. The van der Waals surface area contributed by atoms with E-state index in [1.165, 1.54) is 30.8 Å². The highest BCUT2D eigenvalue weighted by molar-refractivity contribution is 7.99. The van der Waals surface area contributed by atoms with Gasteiger partial charge in [-0.1, -0.05) is 12.2 Å². The van der Waals surface area contributed by atoms with Gasteiger partial charge in [0.05, 0.1) is 0 Å². The van der Waals surface area contributed by atoms with Gasteiger partial charge in [0.2, 0.25) is 0 Å². The van der Waals surface area contributed by atoms with E-state index in [1.54, 1.807) is 0 Å². The Morgan fingerprint density at radius 2 is 2.42 bits per heavy atom. The molecule has 12 heavy (non-hydrogen) atoms. The first-order chi connectivity index (χ1) is 5.93. The van der Waals surface area contributed by atoms with Gasteiger partial charge in [-0.3, -0.25) is 0 Å². The molecule has 1 unspecified atom stereocenters. The van der Waals surface area contributed by atoms with Crippen LogP contribution < -0.4 is 5.32 Å². The molecule has 1 aliphatic rings. The lowest BCUT2D eigenvalue weighted by Gasteiger charge is -2.19. The van der Waals surface area contributed by atoms with E-state index in [2.05, 4.69) is 29.2 Å². The number of likely N-dealkylation sites (N-methyl/N-ethyl adjacent to an activating group) is 1. The second-order valence-corrected chi connectivity index (χ2v) is 4.50. The monoisotopic (exact) mass is 185 g/mol. The van der Waals surface area contributed by atoms with Gasteiger partial charge in [0.25, 0.3) is 0 Å². The highest BCUT2D eigenvalue weighted by Gasteiger charge is 2.11. The van der Waals surface area contributed by atoms with Gasteiger partial charge >= 0.3 is 0 Å². The Balaban J connectivity index is 2.04. The minimum Gasteiger partial charge on any atom is -0.316 e. The van der Waals surface area contributed by atoms with Gasteiger partial charge in [0.1, 0.15) is 0 Å². The maximum absolute atomic E-state index is 3.11. The van der Waals surface area contributed by atoms with E-state index < -0.39 is 0 Å². The van der Waals surface area contributed by atoms with Gasteiger partial charge in [-0.15, -0.1) is 0 Å². The first-order valence-electron chi connectivity index (χ1n) is 4.81. The van der Waals surface area contributed by atoms with Crippen molar-refractivity contribution >= 4 is 11.8 Å². The Hall–Kier alpha value is 0.0500. The Labute approximate surface area is 80.0 Å². The SMILES string of the molecule is CNC/C=C\CC1CCCSC1. The van der Waals surface area contributed by atoms with E-state index in [0.717, 1.165) is 12.5 Å². The Kier molecular flexibility index (Phi) is 5.53. The average Bonchev–Trinajstić information content (AvgIpc) is 2.14. The van der Waals surface area contributed by atoms with E-state index >= 15 is 0 Å². The third kappa shape index (κ3) is 4.17. The first kappa shape index (κ1) is 10.1. The van der Waals surface area contributed by atoms with Crippen molar-refractivity contribution in [2.75, 3.05) is 25.1 Å². The fourth-order valence-corrected chi connectivity index (χ4v) is 2.66. The van der Waals surface area contributed by atoms with E-state index in [-0.39, 0.29) is 0 Å². The van der Waals surface area contributed by atoms with Crippen LogP contribution in [0.5, 0.6) is 0 Å². The third-order valence-electron chi connectivity index (χ3n) is 2.21. The topological polar surface area (TPSA) is 12.0 Å². The molecule has 1 N–H and O–H groups in total. The number of allylic oxidation sites excluding steroid dienone is 1. The highest BCUT2D eigenvalue weighted by Crippen LogP contribution is 2.25. The minimum absolute atomic E-state index is 0.955. The summed E-state index contributed by atoms with van der Waals surface area (Å²) in [6, 6.07) is 0. The molecule has 1 rings (SSSR count). The van der Waals surface area contributed by atoms with Crippen LogP contribution in [-0.2, 0) is 0 Å². The second-order valence-electron chi connectivity index (χ2n) is 3.35. The summed E-state index contributed by atoms with van der Waals surface area (Å²) in [5, 5.41) is 3.11. The van der Waals surface area contributed by atoms with Crippen molar-refractivity contribution in [3.8, 4) is 0 Å². The van der Waals surface area contributed by atoms with E-state index in [4.69, 9.17) is 0 Å². The molecule has 70 valence electrons. The van der Waals surface area contributed by atoms with Crippen LogP contribution in [0, 0.1) is 5.92 Å². The highest BCUT2D eigenvalue weighted by atomic mass is 32.2. The molecule has 2 heteroatoms. The molecule has 0 aromatic rings. The van der Waals surface area contributed by atoms with Crippen LogP contribution in [0.1, 0.15) is 19.3 Å². The van der Waals surface area contributed by atoms with Crippen LogP contribution in [-0.4, -0.2) is 25.1 Å². The van der Waals surface area contributed by atoms with Crippen LogP contribution >= 0.6 is 11.8 Å². The van der Waals surface area contributed by atoms with Crippen LogP contribution in [0.3, 0.4) is 0 Å². The summed E-state index contributed by atoms with van der Waals surface area (Å²) in [5.74, 6) is 3.72. The molecule has 0 bridgehead atoms. The fourth-order valence-electron chi connectivity index (χ4n) is 1.48. The largest absolute Gasteiger partial charge is 0.316 e. The Morgan fingerprint density at radius 1 is 1.50 bits per heavy atom. The quantitative estimate of drug-likeness (QED) is 0.674. The second kappa shape index (κ2) is 6.55. The van der Waals surface area contributed by atoms with Gasteiger partial charge in [-0.25, -0.2) is 0 Å². The van der Waals surface area contributed by atoms with Crippen molar-refractivity contribution in [3.63, 3.8) is 0 Å². The summed E-state index contributed by atoms with van der Waals surface area (Å²) in [6.07, 6.45) is 8.72. The number of nitrogens with one attached hydrogen (secondary N) is 1. The fraction of sp³-hybridized carbons (Fsp3) is 0.800. The molecule has 0 aliphatic carbocycles. The van der Waals surface area contributed by atoms with Crippen molar-refractivity contribution in [1.82, 2.24) is 5.32 Å². The molecule has 1 heterocycles. The van der Waals surface area contributed by atoms with Crippen LogP contribution in [0.2, 0.25) is 0 Å². The van der Waals surface area contributed by atoms with Gasteiger partial charge < -0.3 is 5.32 Å². The van der Waals surface area contributed by atoms with Crippen molar-refractivity contribution in [1.29, 1.82) is 0 Å². The van der Waals surface area contributed by atoms with E-state index in [0.29, 0.717) is 0 Å². The average molecular weight is 185 g/mol. The van der Waals surface area contributed by atoms with Crippen molar-refractivity contribution in [3.05, 3.63) is 12.2 Å². The van der Waals surface area contributed by atoms with Gasteiger partial charge in [0, 0.05) is 6.54 Å². The molecule has 0 radical (unpaired) electrons. The molecule has 0 aromatic carbocycles. The zero-order valence-corrected chi connectivity index (χ0v) is 8.70. The molecule has 0 aromatic heterocycles. The zero-order valence-electron chi connectivity index (χ0n) is 7.88. The van der Waals surface area contributed by atoms with Gasteiger partial charge in [-0.2, -0.15) is 11.8 Å². The summed E-state index contributed by atoms with van der Waals surface area (Å²) in [4.78, 5) is 0. The number of hydrogen-bond acceptors (Lipinski definition) is 2. The van der Waals surface area contributed by atoms with Crippen LogP contribution in [0.25, 0.3) is 0 Å². The van der Waals surface area contributed by atoms with Crippen molar-refractivity contribution < 1.29 is 0 Å². The first-order valence-corrected chi connectivity index (χ1v) is 5.96. The van der Waals surface area contributed by atoms with E-state index in [1.807, 2.05) is 7.05 Å². The molecule has 0 spiro atoms. The van der Waals surface area contributed by atoms with Gasteiger partial charge in [-0.05, 0) is 43.7 Å². The Morgan fingerprint density at radius 3 is 3.08 bits per heavy atom. The predicted molar refractivity (Wildman–Crippen MR) is 57.7 cm³/mol. The zero-order chi connectivity index (χ0) is 8.65. The Bertz CT molecular complexity index is 128. The molecule has 1 nitrogen and oxygen atoms in total. The lowest BCUT2D eigenvalue weighted by molar-refractivity contribution is 0.530. The number of rotatable bonds is 4. The number of thioether (sulfide) groups is 1. The molecule has 1 aliphatic heterocycles. The standard InChI is InChI=1S/C10H19NS/c1-11-7-3-2-5-10-6-4-8-12-9-10/h2-3,10-11H,4-9H2,1H3/b3-2-.